The van der Waals surface area contributed by atoms with E-state index in [1.807, 2.05) is 19.1 Å². The fourth-order valence-electron chi connectivity index (χ4n) is 3.58. The van der Waals surface area contributed by atoms with E-state index in [2.05, 4.69) is 15.6 Å². The summed E-state index contributed by atoms with van der Waals surface area (Å²) in [4.78, 5) is 5.00. The molecule has 1 saturated carbocycles. The third-order valence-corrected chi connectivity index (χ3v) is 6.38. The second-order valence-electron chi connectivity index (χ2n) is 7.41. The highest BCUT2D eigenvalue weighted by Gasteiger charge is 2.33. The van der Waals surface area contributed by atoms with Crippen molar-refractivity contribution in [2.24, 2.45) is 10.4 Å². The number of halogens is 1. The second-order valence-corrected chi connectivity index (χ2v) is 9.43. The van der Waals surface area contributed by atoms with Gasteiger partial charge in [0.1, 0.15) is 0 Å². The average molecular weight is 523 g/mol. The third-order valence-electron chi connectivity index (χ3n) is 5.25. The van der Waals surface area contributed by atoms with E-state index in [-0.39, 0.29) is 24.0 Å². The van der Waals surface area contributed by atoms with Gasteiger partial charge in [-0.3, -0.25) is 0 Å². The van der Waals surface area contributed by atoms with Gasteiger partial charge in [0.25, 0.3) is 0 Å². The molecule has 2 N–H and O–H groups in total. The maximum Gasteiger partial charge on any atom is 0.191 e. The molecule has 2 rings (SSSR count). The number of hydrogen-bond donors (Lipinski definition) is 2. The van der Waals surface area contributed by atoms with Crippen molar-refractivity contribution in [3.05, 3.63) is 29.8 Å². The van der Waals surface area contributed by atoms with Crippen molar-refractivity contribution in [1.29, 1.82) is 0 Å². The van der Waals surface area contributed by atoms with E-state index >= 15 is 0 Å². The molecule has 160 valence electrons. The number of nitrogens with one attached hydrogen (secondary N) is 2. The summed E-state index contributed by atoms with van der Waals surface area (Å²) in [5.74, 6) is 0.799. The summed E-state index contributed by atoms with van der Waals surface area (Å²) in [6, 6.07) is 6.92. The van der Waals surface area contributed by atoms with E-state index in [4.69, 9.17) is 4.74 Å². The van der Waals surface area contributed by atoms with E-state index in [0.29, 0.717) is 16.9 Å². The topological polar surface area (TPSA) is 79.8 Å². The first kappa shape index (κ1) is 25.2. The van der Waals surface area contributed by atoms with Crippen LogP contribution in [0.3, 0.4) is 0 Å². The first-order chi connectivity index (χ1) is 12.9. The Morgan fingerprint density at radius 1 is 1.18 bits per heavy atom. The van der Waals surface area contributed by atoms with Crippen LogP contribution in [0, 0.1) is 5.41 Å². The van der Waals surface area contributed by atoms with Crippen molar-refractivity contribution in [2.45, 2.75) is 50.5 Å². The molecule has 0 heterocycles. The van der Waals surface area contributed by atoms with E-state index in [0.717, 1.165) is 37.6 Å². The summed E-state index contributed by atoms with van der Waals surface area (Å²) in [6.45, 7) is 5.04. The summed E-state index contributed by atoms with van der Waals surface area (Å²) in [5.41, 5.74) is 1.28. The Kier molecular flexibility index (Phi) is 10.8. The lowest BCUT2D eigenvalue weighted by molar-refractivity contribution is 0.138. The van der Waals surface area contributed by atoms with Gasteiger partial charge in [-0.25, -0.2) is 13.4 Å². The molecule has 0 atom stereocenters. The molecule has 6 nitrogen and oxygen atoms in total. The fourth-order valence-corrected chi connectivity index (χ4v) is 4.21. The molecule has 1 aromatic rings. The molecule has 0 spiro atoms. The molecular weight excluding hydrogens is 489 g/mol. The summed E-state index contributed by atoms with van der Waals surface area (Å²) >= 11 is 0. The van der Waals surface area contributed by atoms with Gasteiger partial charge in [0.15, 0.2) is 15.8 Å². The molecule has 0 aliphatic heterocycles. The molecule has 0 radical (unpaired) electrons. The number of rotatable bonds is 9. The monoisotopic (exact) mass is 523 g/mol. The molecule has 0 amide bonds. The van der Waals surface area contributed by atoms with Gasteiger partial charge in [-0.15, -0.1) is 24.0 Å². The second kappa shape index (κ2) is 12.0. The highest BCUT2D eigenvalue weighted by molar-refractivity contribution is 14.0. The zero-order valence-electron chi connectivity index (χ0n) is 17.2. The van der Waals surface area contributed by atoms with E-state index in [1.165, 1.54) is 31.9 Å². The number of aliphatic imine (C=N–C) groups is 1. The van der Waals surface area contributed by atoms with Crippen LogP contribution in [0.2, 0.25) is 0 Å². The Bertz CT molecular complexity index is 715. The molecule has 28 heavy (non-hydrogen) atoms. The smallest absolute Gasteiger partial charge is 0.191 e. The number of ether oxygens (including phenoxy) is 1. The Hall–Kier alpha value is -0.870. The number of sulfone groups is 1. The fraction of sp³-hybridized carbons (Fsp3) is 0.650. The van der Waals surface area contributed by atoms with Gasteiger partial charge in [-0.1, -0.05) is 25.0 Å². The van der Waals surface area contributed by atoms with Crippen molar-refractivity contribution in [3.8, 4) is 0 Å². The lowest BCUT2D eigenvalue weighted by Gasteiger charge is -2.30. The van der Waals surface area contributed by atoms with Crippen LogP contribution in [0.15, 0.2) is 34.2 Å². The maximum absolute atomic E-state index is 11.6. The molecular formula is C20H34IN3O3S. The van der Waals surface area contributed by atoms with Crippen molar-refractivity contribution in [3.63, 3.8) is 0 Å². The van der Waals surface area contributed by atoms with Crippen molar-refractivity contribution < 1.29 is 13.2 Å². The minimum Gasteiger partial charge on any atom is -0.385 e. The molecule has 1 fully saturated rings. The van der Waals surface area contributed by atoms with Crippen LogP contribution < -0.4 is 10.6 Å². The number of guanidine groups is 1. The molecule has 1 aliphatic carbocycles. The van der Waals surface area contributed by atoms with Gasteiger partial charge < -0.3 is 15.4 Å². The Labute approximate surface area is 186 Å². The largest absolute Gasteiger partial charge is 0.385 e. The van der Waals surface area contributed by atoms with Crippen LogP contribution >= 0.6 is 24.0 Å². The zero-order valence-corrected chi connectivity index (χ0v) is 20.3. The van der Waals surface area contributed by atoms with Crippen LogP contribution in [0.5, 0.6) is 0 Å². The first-order valence-corrected chi connectivity index (χ1v) is 11.6. The summed E-state index contributed by atoms with van der Waals surface area (Å²) in [6.07, 6.45) is 7.32. The summed E-state index contributed by atoms with van der Waals surface area (Å²) in [7, 11) is -1.40. The number of methoxy groups -OCH3 is 1. The zero-order chi connectivity index (χ0) is 19.8. The molecule has 0 saturated heterocycles. The Morgan fingerprint density at radius 3 is 2.36 bits per heavy atom. The minimum atomic E-state index is -3.16. The van der Waals surface area contributed by atoms with Gasteiger partial charge in [0.05, 0.1) is 11.4 Å². The van der Waals surface area contributed by atoms with Crippen molar-refractivity contribution >= 4 is 39.8 Å². The molecule has 0 bridgehead atoms. The lowest BCUT2D eigenvalue weighted by atomic mass is 9.83. The third kappa shape index (κ3) is 7.87. The predicted molar refractivity (Wildman–Crippen MR) is 125 cm³/mol. The van der Waals surface area contributed by atoms with Gasteiger partial charge in [-0.2, -0.15) is 0 Å². The van der Waals surface area contributed by atoms with E-state index in [1.54, 1.807) is 19.2 Å². The molecule has 1 aliphatic rings. The number of nitrogens with zero attached hydrogens (tertiary/aromatic N) is 1. The average Bonchev–Trinajstić information content (AvgIpc) is 3.11. The maximum atomic E-state index is 11.6. The van der Waals surface area contributed by atoms with Gasteiger partial charge in [0, 0.05) is 33.1 Å². The quantitative estimate of drug-likeness (QED) is 0.295. The standard InChI is InChI=1S/C20H33N3O3S.HI/c1-4-21-19(23-16-20(13-14-26-2)11-5-6-12-20)22-15-17-7-9-18(10-8-17)27(3,24)25;/h7-10H,4-6,11-16H2,1-3H3,(H2,21,22,23);1H. The van der Waals surface area contributed by atoms with Gasteiger partial charge in [0.2, 0.25) is 0 Å². The highest BCUT2D eigenvalue weighted by atomic mass is 127. The van der Waals surface area contributed by atoms with Crippen LogP contribution in [0.1, 0.15) is 44.6 Å². The van der Waals surface area contributed by atoms with Crippen molar-refractivity contribution in [2.75, 3.05) is 33.1 Å². The van der Waals surface area contributed by atoms with E-state index < -0.39 is 9.84 Å². The van der Waals surface area contributed by atoms with Gasteiger partial charge >= 0.3 is 0 Å². The molecule has 0 unspecified atom stereocenters. The molecule has 8 heteroatoms. The molecule has 0 aromatic heterocycles. The Balaban J connectivity index is 0.00000392. The van der Waals surface area contributed by atoms with Crippen LogP contribution in [0.25, 0.3) is 0 Å². The predicted octanol–water partition coefficient (Wildman–Crippen LogP) is 3.36. The Morgan fingerprint density at radius 2 is 1.82 bits per heavy atom. The number of hydrogen-bond acceptors (Lipinski definition) is 4. The normalized spacial score (nSPS) is 16.5. The van der Waals surface area contributed by atoms with Crippen LogP contribution in [0.4, 0.5) is 0 Å². The SMILES string of the molecule is CCNC(=NCc1ccc(S(C)(=O)=O)cc1)NCC1(CCOC)CCCC1.I. The van der Waals surface area contributed by atoms with Crippen LogP contribution in [-0.2, 0) is 21.1 Å². The minimum absolute atomic E-state index is 0. The number of benzene rings is 1. The highest BCUT2D eigenvalue weighted by Crippen LogP contribution is 2.40. The summed E-state index contributed by atoms with van der Waals surface area (Å²) < 4.78 is 28.4. The van der Waals surface area contributed by atoms with Gasteiger partial charge in [-0.05, 0) is 49.3 Å². The van der Waals surface area contributed by atoms with Crippen molar-refractivity contribution in [1.82, 2.24) is 10.6 Å². The molecule has 1 aromatic carbocycles. The van der Waals surface area contributed by atoms with E-state index in [9.17, 15) is 8.42 Å². The first-order valence-electron chi connectivity index (χ1n) is 9.69. The van der Waals surface area contributed by atoms with Crippen LogP contribution in [-0.4, -0.2) is 47.4 Å². The summed E-state index contributed by atoms with van der Waals surface area (Å²) in [5, 5.41) is 6.80. The lowest BCUT2D eigenvalue weighted by Crippen LogP contribution is -2.43.